The zero-order valence-electron chi connectivity index (χ0n) is 18.0. The van der Waals surface area contributed by atoms with Gasteiger partial charge in [-0.2, -0.15) is 0 Å². The SMILES string of the molecule is C=CCCCC=NCCN=CC(C)C/C(C)=C/C=C(\C)Nc1cccnc1C. The first-order valence-corrected chi connectivity index (χ1v) is 10.1. The maximum atomic E-state index is 4.50. The third-order valence-electron chi connectivity index (χ3n) is 4.19. The number of pyridine rings is 1. The molecule has 0 aliphatic rings. The molecule has 0 aliphatic carbocycles. The lowest BCUT2D eigenvalue weighted by Crippen LogP contribution is -2.00. The largest absolute Gasteiger partial charge is 0.358 e. The minimum atomic E-state index is 0.426. The summed E-state index contributed by atoms with van der Waals surface area (Å²) in [6.07, 6.45) is 16.3. The first-order chi connectivity index (χ1) is 13.5. The number of aromatic nitrogens is 1. The monoisotopic (exact) mass is 380 g/mol. The molecule has 1 rings (SSSR count). The van der Waals surface area contributed by atoms with E-state index in [-0.39, 0.29) is 0 Å². The number of unbranched alkanes of at least 4 members (excludes halogenated alkanes) is 2. The molecule has 152 valence electrons. The zero-order chi connectivity index (χ0) is 20.6. The van der Waals surface area contributed by atoms with Crippen molar-refractivity contribution in [2.75, 3.05) is 18.4 Å². The summed E-state index contributed by atoms with van der Waals surface area (Å²) >= 11 is 0. The van der Waals surface area contributed by atoms with Crippen LogP contribution in [-0.4, -0.2) is 30.5 Å². The third-order valence-corrected chi connectivity index (χ3v) is 4.19. The van der Waals surface area contributed by atoms with Crippen molar-refractivity contribution in [3.8, 4) is 0 Å². The van der Waals surface area contributed by atoms with Crippen molar-refractivity contribution < 1.29 is 0 Å². The second-order valence-corrected chi connectivity index (χ2v) is 7.17. The molecule has 0 radical (unpaired) electrons. The topological polar surface area (TPSA) is 49.6 Å². The van der Waals surface area contributed by atoms with Crippen molar-refractivity contribution in [1.82, 2.24) is 4.98 Å². The molecule has 1 heterocycles. The number of allylic oxidation sites excluding steroid dienone is 5. The first-order valence-electron chi connectivity index (χ1n) is 10.1. The van der Waals surface area contributed by atoms with Gasteiger partial charge in [0.05, 0.1) is 24.5 Å². The number of hydrogen-bond donors (Lipinski definition) is 1. The third kappa shape index (κ3) is 11.3. The summed E-state index contributed by atoms with van der Waals surface area (Å²) in [5, 5.41) is 3.40. The van der Waals surface area contributed by atoms with E-state index in [4.69, 9.17) is 0 Å². The van der Waals surface area contributed by atoms with Crippen LogP contribution in [-0.2, 0) is 0 Å². The molecule has 0 spiro atoms. The summed E-state index contributed by atoms with van der Waals surface area (Å²) in [6, 6.07) is 3.99. The standard InChI is InChI=1S/C24H36N4/c1-6-7-8-9-14-25-16-17-26-19-21(3)18-20(2)12-13-22(4)28-24-11-10-15-27-23(24)5/h6,10-15,19,21,28H,1,7-9,16-18H2,2-5H3/b20-12+,22-13+,25-14?,26-19?. The minimum absolute atomic E-state index is 0.426. The number of nitrogens with zero attached hydrogens (tertiary/aromatic N) is 3. The van der Waals surface area contributed by atoms with Gasteiger partial charge in [0.15, 0.2) is 0 Å². The molecule has 1 N–H and O–H groups in total. The Morgan fingerprint density at radius 2 is 2.00 bits per heavy atom. The Hall–Kier alpha value is -2.49. The fourth-order valence-corrected chi connectivity index (χ4v) is 2.67. The molecule has 28 heavy (non-hydrogen) atoms. The van der Waals surface area contributed by atoms with Crippen molar-refractivity contribution in [3.05, 3.63) is 60.1 Å². The van der Waals surface area contributed by atoms with Crippen LogP contribution in [0.1, 0.15) is 52.1 Å². The van der Waals surface area contributed by atoms with E-state index in [9.17, 15) is 0 Å². The van der Waals surface area contributed by atoms with Gasteiger partial charge >= 0.3 is 0 Å². The Bertz CT molecular complexity index is 698. The second-order valence-electron chi connectivity index (χ2n) is 7.17. The molecular formula is C24H36N4. The molecule has 0 saturated carbocycles. The van der Waals surface area contributed by atoms with Crippen molar-refractivity contribution in [3.63, 3.8) is 0 Å². The number of hydrogen-bond acceptors (Lipinski definition) is 4. The van der Waals surface area contributed by atoms with E-state index in [1.807, 2.05) is 37.5 Å². The molecule has 1 unspecified atom stereocenters. The predicted molar refractivity (Wildman–Crippen MR) is 125 cm³/mol. The summed E-state index contributed by atoms with van der Waals surface area (Å²) < 4.78 is 0. The van der Waals surface area contributed by atoms with Crippen LogP contribution in [0.5, 0.6) is 0 Å². The van der Waals surface area contributed by atoms with Crippen molar-refractivity contribution in [1.29, 1.82) is 0 Å². The van der Waals surface area contributed by atoms with E-state index >= 15 is 0 Å². The number of aryl methyl sites for hydroxylation is 1. The molecule has 1 aromatic rings. The summed E-state index contributed by atoms with van der Waals surface area (Å²) in [5.74, 6) is 0.426. The Morgan fingerprint density at radius 1 is 1.21 bits per heavy atom. The van der Waals surface area contributed by atoms with Gasteiger partial charge in [-0.25, -0.2) is 0 Å². The van der Waals surface area contributed by atoms with Gasteiger partial charge in [0.2, 0.25) is 0 Å². The quantitative estimate of drug-likeness (QED) is 0.192. The van der Waals surface area contributed by atoms with Crippen molar-refractivity contribution in [2.24, 2.45) is 15.9 Å². The Kier molecular flexibility index (Phi) is 12.2. The minimum Gasteiger partial charge on any atom is -0.358 e. The predicted octanol–water partition coefficient (Wildman–Crippen LogP) is 6.18. The summed E-state index contributed by atoms with van der Waals surface area (Å²) in [6.45, 7) is 13.7. The molecule has 0 amide bonds. The van der Waals surface area contributed by atoms with Crippen LogP contribution in [0, 0.1) is 12.8 Å². The van der Waals surface area contributed by atoms with Gasteiger partial charge in [-0.15, -0.1) is 6.58 Å². The van der Waals surface area contributed by atoms with Crippen LogP contribution in [0.2, 0.25) is 0 Å². The highest BCUT2D eigenvalue weighted by molar-refractivity contribution is 5.61. The maximum absolute atomic E-state index is 4.50. The molecule has 1 atom stereocenters. The van der Waals surface area contributed by atoms with Crippen molar-refractivity contribution >= 4 is 18.1 Å². The average molecular weight is 381 g/mol. The van der Waals surface area contributed by atoms with Crippen LogP contribution in [0.25, 0.3) is 0 Å². The first kappa shape index (κ1) is 23.5. The lowest BCUT2D eigenvalue weighted by molar-refractivity contribution is 0.768. The van der Waals surface area contributed by atoms with E-state index in [1.165, 1.54) is 5.57 Å². The molecule has 0 fully saturated rings. The number of anilines is 1. The molecule has 0 aliphatic heterocycles. The van der Waals surface area contributed by atoms with E-state index in [2.05, 4.69) is 66.0 Å². The molecule has 4 nitrogen and oxygen atoms in total. The summed E-state index contributed by atoms with van der Waals surface area (Å²) in [4.78, 5) is 13.2. The van der Waals surface area contributed by atoms with Gasteiger partial charge in [-0.3, -0.25) is 15.0 Å². The Morgan fingerprint density at radius 3 is 2.75 bits per heavy atom. The normalized spacial score (nSPS) is 14.0. The number of nitrogens with one attached hydrogen (secondary N) is 1. The van der Waals surface area contributed by atoms with E-state index in [1.54, 1.807) is 0 Å². The number of aliphatic imine (C=N–C) groups is 2. The highest BCUT2D eigenvalue weighted by atomic mass is 14.9. The van der Waals surface area contributed by atoms with Crippen molar-refractivity contribution in [2.45, 2.75) is 53.4 Å². The lowest BCUT2D eigenvalue weighted by Gasteiger charge is -2.09. The van der Waals surface area contributed by atoms with Crippen LogP contribution in [0.4, 0.5) is 5.69 Å². The Labute approximate surface area is 171 Å². The van der Waals surface area contributed by atoms with Gasteiger partial charge in [0.1, 0.15) is 0 Å². The molecule has 1 aromatic heterocycles. The van der Waals surface area contributed by atoms with Crippen LogP contribution in [0.15, 0.2) is 64.4 Å². The van der Waals surface area contributed by atoms with Gasteiger partial charge in [0.25, 0.3) is 0 Å². The maximum Gasteiger partial charge on any atom is 0.0607 e. The van der Waals surface area contributed by atoms with E-state index in [0.717, 1.165) is 55.9 Å². The van der Waals surface area contributed by atoms with E-state index in [0.29, 0.717) is 5.92 Å². The summed E-state index contributed by atoms with van der Waals surface area (Å²) in [5.41, 5.74) is 4.49. The fraction of sp³-hybridized carbons (Fsp3) is 0.458. The fourth-order valence-electron chi connectivity index (χ4n) is 2.67. The van der Waals surface area contributed by atoms with Crippen LogP contribution in [0.3, 0.4) is 0 Å². The molecule has 0 aromatic carbocycles. The average Bonchev–Trinajstić information content (AvgIpc) is 2.67. The molecule has 4 heteroatoms. The van der Waals surface area contributed by atoms with Crippen LogP contribution < -0.4 is 5.32 Å². The number of rotatable bonds is 13. The Balaban J connectivity index is 2.33. The molecule has 0 bridgehead atoms. The second kappa shape index (κ2) is 14.6. The summed E-state index contributed by atoms with van der Waals surface area (Å²) in [7, 11) is 0. The smallest absolute Gasteiger partial charge is 0.0607 e. The highest BCUT2D eigenvalue weighted by Crippen LogP contribution is 2.14. The van der Waals surface area contributed by atoms with Gasteiger partial charge in [0, 0.05) is 18.1 Å². The van der Waals surface area contributed by atoms with Gasteiger partial charge in [-0.05, 0) is 76.8 Å². The van der Waals surface area contributed by atoms with Crippen LogP contribution >= 0.6 is 0 Å². The van der Waals surface area contributed by atoms with Gasteiger partial charge < -0.3 is 5.32 Å². The molecule has 0 saturated heterocycles. The van der Waals surface area contributed by atoms with Gasteiger partial charge in [-0.1, -0.05) is 24.6 Å². The zero-order valence-corrected chi connectivity index (χ0v) is 18.0. The lowest BCUT2D eigenvalue weighted by atomic mass is 10.0. The van der Waals surface area contributed by atoms with E-state index < -0.39 is 0 Å². The molecular weight excluding hydrogens is 344 g/mol. The highest BCUT2D eigenvalue weighted by Gasteiger charge is 2.00.